The Bertz CT molecular complexity index is 726. The van der Waals surface area contributed by atoms with E-state index in [0.29, 0.717) is 18.9 Å². The van der Waals surface area contributed by atoms with Crippen LogP contribution in [0.1, 0.15) is 48.1 Å². The number of hydrogen-bond donors (Lipinski definition) is 3. The summed E-state index contributed by atoms with van der Waals surface area (Å²) < 4.78 is 0. The first kappa shape index (κ1) is 17.0. The third-order valence-corrected chi connectivity index (χ3v) is 5.36. The van der Waals surface area contributed by atoms with E-state index in [-0.39, 0.29) is 5.91 Å². The van der Waals surface area contributed by atoms with E-state index in [9.17, 15) is 4.79 Å². The number of rotatable bonds is 5. The van der Waals surface area contributed by atoms with E-state index in [1.165, 1.54) is 40.6 Å². The van der Waals surface area contributed by atoms with E-state index in [0.717, 1.165) is 25.0 Å². The zero-order chi connectivity index (χ0) is 17.1. The highest BCUT2D eigenvalue weighted by Gasteiger charge is 2.15. The summed E-state index contributed by atoms with van der Waals surface area (Å²) in [6.07, 6.45) is 4.06. The molecule has 1 aromatic heterocycles. The summed E-state index contributed by atoms with van der Waals surface area (Å²) in [6, 6.07) is 4.39. The fourth-order valence-corrected chi connectivity index (χ4v) is 3.72. The van der Waals surface area contributed by atoms with Gasteiger partial charge in [-0.2, -0.15) is 0 Å². The Morgan fingerprint density at radius 2 is 1.96 bits per heavy atom. The molecule has 4 heteroatoms. The van der Waals surface area contributed by atoms with Crippen molar-refractivity contribution in [3.05, 3.63) is 34.5 Å². The number of H-pyrrole nitrogens is 1. The highest BCUT2D eigenvalue weighted by molar-refractivity contribution is 5.88. The number of carbonyl (C=O) groups is 1. The van der Waals surface area contributed by atoms with Crippen LogP contribution in [-0.2, 0) is 11.3 Å². The topological polar surface area (TPSA) is 56.9 Å². The number of aryl methyl sites for hydroxylation is 3. The van der Waals surface area contributed by atoms with Gasteiger partial charge in [-0.3, -0.25) is 4.79 Å². The highest BCUT2D eigenvalue weighted by atomic mass is 16.1. The number of aromatic nitrogens is 1. The maximum absolute atomic E-state index is 12.2. The standard InChI is InChI=1S/C20H29N3O/c1-13-10-17(20-18(11-13)14(2)15(3)23-20)12-22-19(24)5-4-16-6-8-21-9-7-16/h10-11,16,21,23H,4-9,12H2,1-3H3,(H,22,24). The summed E-state index contributed by atoms with van der Waals surface area (Å²) in [5, 5.41) is 7.76. The zero-order valence-corrected chi connectivity index (χ0v) is 15.1. The summed E-state index contributed by atoms with van der Waals surface area (Å²) in [6.45, 7) is 9.16. The van der Waals surface area contributed by atoms with Crippen molar-refractivity contribution in [2.45, 2.75) is 53.0 Å². The number of amides is 1. The minimum Gasteiger partial charge on any atom is -0.358 e. The first-order chi connectivity index (χ1) is 11.5. The van der Waals surface area contributed by atoms with Crippen LogP contribution in [0, 0.1) is 26.7 Å². The van der Waals surface area contributed by atoms with E-state index in [1.807, 2.05) is 0 Å². The Kier molecular flexibility index (Phi) is 5.24. The van der Waals surface area contributed by atoms with Crippen LogP contribution in [0.25, 0.3) is 10.9 Å². The number of aromatic amines is 1. The van der Waals surface area contributed by atoms with Crippen LogP contribution in [-0.4, -0.2) is 24.0 Å². The van der Waals surface area contributed by atoms with Crippen LogP contribution in [0.5, 0.6) is 0 Å². The number of fused-ring (bicyclic) bond motifs is 1. The molecule has 1 amide bonds. The summed E-state index contributed by atoms with van der Waals surface area (Å²) in [5.41, 5.74) is 6.08. The number of carbonyl (C=O) groups excluding carboxylic acids is 1. The smallest absolute Gasteiger partial charge is 0.220 e. The van der Waals surface area contributed by atoms with E-state index in [4.69, 9.17) is 0 Å². The molecule has 0 atom stereocenters. The molecule has 3 rings (SSSR count). The Hall–Kier alpha value is -1.81. The fourth-order valence-electron chi connectivity index (χ4n) is 3.72. The average Bonchev–Trinajstić information content (AvgIpc) is 2.87. The van der Waals surface area contributed by atoms with E-state index < -0.39 is 0 Å². The van der Waals surface area contributed by atoms with Crippen LogP contribution in [0.2, 0.25) is 0 Å². The first-order valence-corrected chi connectivity index (χ1v) is 9.10. The largest absolute Gasteiger partial charge is 0.358 e. The summed E-state index contributed by atoms with van der Waals surface area (Å²) in [4.78, 5) is 15.7. The van der Waals surface area contributed by atoms with Crippen molar-refractivity contribution in [2.75, 3.05) is 13.1 Å². The van der Waals surface area contributed by atoms with Crippen molar-refractivity contribution >= 4 is 16.8 Å². The van der Waals surface area contributed by atoms with Crippen molar-refractivity contribution in [2.24, 2.45) is 5.92 Å². The first-order valence-electron chi connectivity index (χ1n) is 9.10. The van der Waals surface area contributed by atoms with Crippen molar-refractivity contribution < 1.29 is 4.79 Å². The summed E-state index contributed by atoms with van der Waals surface area (Å²) in [5.74, 6) is 0.875. The molecule has 0 bridgehead atoms. The predicted octanol–water partition coefficient (Wildman–Crippen LogP) is 3.49. The lowest BCUT2D eigenvalue weighted by atomic mass is 9.93. The van der Waals surface area contributed by atoms with Crippen LogP contribution >= 0.6 is 0 Å². The van der Waals surface area contributed by atoms with Gasteiger partial charge in [0, 0.05) is 24.0 Å². The molecule has 4 nitrogen and oxygen atoms in total. The lowest BCUT2D eigenvalue weighted by Crippen LogP contribution is -2.29. The van der Waals surface area contributed by atoms with E-state index in [1.54, 1.807) is 0 Å². The van der Waals surface area contributed by atoms with Gasteiger partial charge in [-0.25, -0.2) is 0 Å². The maximum Gasteiger partial charge on any atom is 0.220 e. The maximum atomic E-state index is 12.2. The summed E-state index contributed by atoms with van der Waals surface area (Å²) >= 11 is 0. The van der Waals surface area contributed by atoms with Gasteiger partial charge in [-0.15, -0.1) is 0 Å². The molecular formula is C20H29N3O. The Labute approximate surface area is 144 Å². The quantitative estimate of drug-likeness (QED) is 0.787. The second-order valence-corrected chi connectivity index (χ2v) is 7.23. The predicted molar refractivity (Wildman–Crippen MR) is 99.2 cm³/mol. The second-order valence-electron chi connectivity index (χ2n) is 7.23. The summed E-state index contributed by atoms with van der Waals surface area (Å²) in [7, 11) is 0. The van der Waals surface area contributed by atoms with Crippen molar-refractivity contribution in [3.63, 3.8) is 0 Å². The molecule has 1 fully saturated rings. The van der Waals surface area contributed by atoms with Gasteiger partial charge in [0.25, 0.3) is 0 Å². The molecule has 0 spiro atoms. The van der Waals surface area contributed by atoms with Gasteiger partial charge < -0.3 is 15.6 Å². The molecule has 0 unspecified atom stereocenters. The Balaban J connectivity index is 1.60. The lowest BCUT2D eigenvalue weighted by molar-refractivity contribution is -0.121. The SMILES string of the molecule is Cc1cc(CNC(=O)CCC2CCNCC2)c2[nH]c(C)c(C)c2c1. The van der Waals surface area contributed by atoms with Gasteiger partial charge >= 0.3 is 0 Å². The average molecular weight is 327 g/mol. The molecule has 0 saturated carbocycles. The second kappa shape index (κ2) is 7.39. The zero-order valence-electron chi connectivity index (χ0n) is 15.1. The minimum atomic E-state index is 0.170. The normalized spacial score (nSPS) is 15.8. The molecule has 2 aromatic rings. The van der Waals surface area contributed by atoms with Gasteiger partial charge in [0.1, 0.15) is 0 Å². The number of piperidine rings is 1. The molecule has 0 aliphatic carbocycles. The molecule has 24 heavy (non-hydrogen) atoms. The number of hydrogen-bond acceptors (Lipinski definition) is 2. The van der Waals surface area contributed by atoms with Crippen LogP contribution < -0.4 is 10.6 Å². The molecule has 0 radical (unpaired) electrons. The molecule has 3 N–H and O–H groups in total. The van der Waals surface area contributed by atoms with E-state index >= 15 is 0 Å². The van der Waals surface area contributed by atoms with Crippen molar-refractivity contribution in [1.82, 2.24) is 15.6 Å². The van der Waals surface area contributed by atoms with Gasteiger partial charge in [0.05, 0.1) is 5.52 Å². The molecule has 1 aromatic carbocycles. The Morgan fingerprint density at radius 3 is 2.71 bits per heavy atom. The van der Waals surface area contributed by atoms with Crippen molar-refractivity contribution in [1.29, 1.82) is 0 Å². The number of nitrogens with one attached hydrogen (secondary N) is 3. The van der Waals surface area contributed by atoms with Crippen LogP contribution in [0.4, 0.5) is 0 Å². The molecule has 1 aliphatic rings. The van der Waals surface area contributed by atoms with Gasteiger partial charge in [0.2, 0.25) is 5.91 Å². The highest BCUT2D eigenvalue weighted by Crippen LogP contribution is 2.26. The monoisotopic (exact) mass is 327 g/mol. The molecule has 2 heterocycles. The van der Waals surface area contributed by atoms with Crippen LogP contribution in [0.15, 0.2) is 12.1 Å². The third kappa shape index (κ3) is 3.81. The molecule has 1 saturated heterocycles. The Morgan fingerprint density at radius 1 is 1.21 bits per heavy atom. The minimum absolute atomic E-state index is 0.170. The molecule has 1 aliphatic heterocycles. The van der Waals surface area contributed by atoms with Gasteiger partial charge in [-0.1, -0.05) is 11.6 Å². The van der Waals surface area contributed by atoms with Crippen LogP contribution in [0.3, 0.4) is 0 Å². The van der Waals surface area contributed by atoms with Gasteiger partial charge in [-0.05, 0) is 76.2 Å². The van der Waals surface area contributed by atoms with E-state index in [2.05, 4.69) is 48.5 Å². The fraction of sp³-hybridized carbons (Fsp3) is 0.550. The number of benzene rings is 1. The molecule has 130 valence electrons. The van der Waals surface area contributed by atoms with Crippen molar-refractivity contribution in [3.8, 4) is 0 Å². The lowest BCUT2D eigenvalue weighted by Gasteiger charge is -2.22. The van der Waals surface area contributed by atoms with Gasteiger partial charge in [0.15, 0.2) is 0 Å². The molecular weight excluding hydrogens is 298 g/mol. The third-order valence-electron chi connectivity index (χ3n) is 5.36.